The molecule has 5 rings (SSSR count). The van der Waals surface area contributed by atoms with Gasteiger partial charge in [0.25, 0.3) is 0 Å². The van der Waals surface area contributed by atoms with Gasteiger partial charge in [-0.25, -0.2) is 5.57 Å². The predicted octanol–water partition coefficient (Wildman–Crippen LogP) is 11.9. The standard InChI is InChI=1S/C21H25.C12H19.C7H4F3.CH2.Zr/c1-20(2,3)16-9-7-14-11-15-8-10-17(21(4,5)6)13-19(15)18(14)12-16;1-6-10-7-9(2)8-11(10)12(3,4)5;8-7(9,10)6-4-2-1-3-5-6;;/h7,9-10,12-13H,11H2,1-6H3;8-9H,6H2,1-5H3;2-5H;1H2;/q3*-1;;. The summed E-state index contributed by atoms with van der Waals surface area (Å²) in [4.78, 5) is 0. The van der Waals surface area contributed by atoms with E-state index in [2.05, 4.69) is 135 Å². The van der Waals surface area contributed by atoms with Crippen LogP contribution in [0.25, 0.3) is 11.1 Å². The second-order valence-corrected chi connectivity index (χ2v) is 14.7. The Kier molecular flexibility index (Phi) is 13.4. The predicted molar refractivity (Wildman–Crippen MR) is 182 cm³/mol. The summed E-state index contributed by atoms with van der Waals surface area (Å²) in [6, 6.07) is 22.0. The van der Waals surface area contributed by atoms with Gasteiger partial charge in [-0.2, -0.15) is 84.5 Å². The van der Waals surface area contributed by atoms with Gasteiger partial charge in [0.15, 0.2) is 0 Å². The van der Waals surface area contributed by atoms with Crippen molar-refractivity contribution in [2.75, 3.05) is 0 Å². The van der Waals surface area contributed by atoms with Gasteiger partial charge in [-0.3, -0.25) is 6.08 Å². The average molecular weight is 691 g/mol. The Morgan fingerprint density at radius 1 is 0.778 bits per heavy atom. The molecule has 0 saturated carbocycles. The third-order valence-electron chi connectivity index (χ3n) is 7.88. The molecule has 0 amide bonds. The van der Waals surface area contributed by atoms with E-state index in [4.69, 9.17) is 0 Å². The van der Waals surface area contributed by atoms with Crippen molar-refractivity contribution in [1.82, 2.24) is 0 Å². The maximum absolute atomic E-state index is 11.8. The number of alkyl halides is 3. The Labute approximate surface area is 286 Å². The molecule has 0 radical (unpaired) electrons. The molecular formula is C41H50F3Zr-3. The van der Waals surface area contributed by atoms with Crippen molar-refractivity contribution in [2.45, 2.75) is 106 Å². The second-order valence-electron chi connectivity index (χ2n) is 14.7. The van der Waals surface area contributed by atoms with Crippen LogP contribution >= 0.6 is 0 Å². The van der Waals surface area contributed by atoms with Crippen molar-refractivity contribution in [3.8, 4) is 11.1 Å². The van der Waals surface area contributed by atoms with Crippen LogP contribution < -0.4 is 0 Å². The first-order valence-corrected chi connectivity index (χ1v) is 17.4. The molecule has 0 saturated heterocycles. The van der Waals surface area contributed by atoms with Crippen molar-refractivity contribution in [3.05, 3.63) is 118 Å². The first kappa shape index (κ1) is 38.9. The van der Waals surface area contributed by atoms with Gasteiger partial charge in [0.1, 0.15) is 0 Å². The van der Waals surface area contributed by atoms with Crippen LogP contribution in [0.1, 0.15) is 110 Å². The van der Waals surface area contributed by atoms with Crippen LogP contribution in [0.5, 0.6) is 0 Å². The summed E-state index contributed by atoms with van der Waals surface area (Å²) in [5.74, 6) is 0.522. The molecule has 2 aliphatic rings. The minimum absolute atomic E-state index is 0.177. The number of benzene rings is 3. The monoisotopic (exact) mass is 689 g/mol. The van der Waals surface area contributed by atoms with Crippen LogP contribution in [0.15, 0.2) is 71.8 Å². The molecule has 1 unspecified atom stereocenters. The van der Waals surface area contributed by atoms with E-state index in [1.54, 1.807) is 0 Å². The molecule has 2 aliphatic carbocycles. The van der Waals surface area contributed by atoms with Gasteiger partial charge in [-0.1, -0.05) is 134 Å². The van der Waals surface area contributed by atoms with Gasteiger partial charge in [0.05, 0.1) is 0 Å². The zero-order valence-corrected chi connectivity index (χ0v) is 31.6. The topological polar surface area (TPSA) is 0 Å². The summed E-state index contributed by atoms with van der Waals surface area (Å²) < 4.78 is 38.7. The van der Waals surface area contributed by atoms with Gasteiger partial charge in [-0.15, -0.1) is 5.56 Å². The van der Waals surface area contributed by atoms with E-state index in [9.17, 15) is 13.2 Å². The number of allylic oxidation sites excluding steroid dienone is 4. The van der Waals surface area contributed by atoms with Crippen LogP contribution in [-0.4, -0.2) is 4.21 Å². The third-order valence-corrected chi connectivity index (χ3v) is 7.88. The summed E-state index contributed by atoms with van der Waals surface area (Å²) >= 11 is 1.30. The zero-order chi connectivity index (χ0) is 34.4. The number of fused-ring (bicyclic) bond motifs is 3. The minimum atomic E-state index is -4.23. The molecule has 45 heavy (non-hydrogen) atoms. The Bertz CT molecular complexity index is 1410. The maximum atomic E-state index is 11.8. The summed E-state index contributed by atoms with van der Waals surface area (Å²) in [6.07, 6.45) is 3.75. The normalized spacial score (nSPS) is 15.5. The number of hydrogen-bond acceptors (Lipinski definition) is 0. The van der Waals surface area contributed by atoms with Gasteiger partial charge in [-0.05, 0) is 17.4 Å². The molecule has 0 nitrogen and oxygen atoms in total. The number of rotatable bonds is 1. The van der Waals surface area contributed by atoms with E-state index < -0.39 is 11.7 Å². The Hall–Kier alpha value is -2.32. The Morgan fingerprint density at radius 3 is 1.78 bits per heavy atom. The van der Waals surface area contributed by atoms with Gasteiger partial charge in [0, 0.05) is 0 Å². The van der Waals surface area contributed by atoms with Crippen molar-refractivity contribution < 1.29 is 37.4 Å². The third kappa shape index (κ3) is 10.9. The molecule has 0 spiro atoms. The molecule has 3 aromatic rings. The van der Waals surface area contributed by atoms with Crippen molar-refractivity contribution >= 4 is 4.21 Å². The molecule has 242 valence electrons. The van der Waals surface area contributed by atoms with E-state index in [1.165, 1.54) is 80.9 Å². The fraction of sp³-hybridized carbons (Fsp3) is 0.439. The molecule has 0 aliphatic heterocycles. The SMILES string of the molecule is CC(C)(C)c1c[c-]c2c(c1)-c1cc(C(C)(C)C)ccc1C2.CCC1=[C-]C(C)C=C1C(C)(C)C.FC(F)(F)c1cc[c-]cc1.[CH2]=[Zr]. The quantitative estimate of drug-likeness (QED) is 0.174. The van der Waals surface area contributed by atoms with Gasteiger partial charge < -0.3 is 0 Å². The van der Waals surface area contributed by atoms with E-state index in [0.29, 0.717) is 11.3 Å². The van der Waals surface area contributed by atoms with Crippen LogP contribution in [0.2, 0.25) is 0 Å². The molecule has 0 aromatic heterocycles. The van der Waals surface area contributed by atoms with Crippen molar-refractivity contribution in [2.24, 2.45) is 11.3 Å². The van der Waals surface area contributed by atoms with Gasteiger partial charge >= 0.3 is 34.6 Å². The molecule has 1 atom stereocenters. The molecular weight excluding hydrogens is 641 g/mol. The number of hydrogen-bond donors (Lipinski definition) is 0. The van der Waals surface area contributed by atoms with E-state index in [-0.39, 0.29) is 10.8 Å². The van der Waals surface area contributed by atoms with Crippen LogP contribution in [0, 0.1) is 29.5 Å². The number of halogens is 3. The molecule has 4 heteroatoms. The zero-order valence-electron chi connectivity index (χ0n) is 29.1. The molecule has 0 heterocycles. The van der Waals surface area contributed by atoms with Crippen LogP contribution in [0.3, 0.4) is 0 Å². The summed E-state index contributed by atoms with van der Waals surface area (Å²) in [5, 5.41) is 0. The van der Waals surface area contributed by atoms with Crippen LogP contribution in [0.4, 0.5) is 13.2 Å². The molecule has 0 fully saturated rings. The van der Waals surface area contributed by atoms with E-state index in [1.807, 2.05) is 0 Å². The van der Waals surface area contributed by atoms with Crippen molar-refractivity contribution in [3.63, 3.8) is 0 Å². The van der Waals surface area contributed by atoms with Crippen LogP contribution in [-0.2, 0) is 47.7 Å². The molecule has 0 N–H and O–H groups in total. The Morgan fingerprint density at radius 2 is 1.33 bits per heavy atom. The summed E-state index contributed by atoms with van der Waals surface area (Å²) in [7, 11) is 0. The van der Waals surface area contributed by atoms with Crippen molar-refractivity contribution in [1.29, 1.82) is 0 Å². The first-order chi connectivity index (χ1) is 20.7. The summed E-state index contributed by atoms with van der Waals surface area (Å²) in [6.45, 7) is 24.9. The fourth-order valence-corrected chi connectivity index (χ4v) is 5.30. The summed E-state index contributed by atoms with van der Waals surface area (Å²) in [5.41, 5.74) is 11.3. The first-order valence-electron chi connectivity index (χ1n) is 15.6. The van der Waals surface area contributed by atoms with E-state index >= 15 is 0 Å². The average Bonchev–Trinajstić information content (AvgIpc) is 3.53. The second kappa shape index (κ2) is 15.5. The van der Waals surface area contributed by atoms with Gasteiger partial charge in [0.2, 0.25) is 0 Å². The fourth-order valence-electron chi connectivity index (χ4n) is 5.30. The molecule has 3 aromatic carbocycles. The Balaban J connectivity index is 0.000000250. The van der Waals surface area contributed by atoms with E-state index in [0.717, 1.165) is 25.0 Å². The molecule has 0 bridgehead atoms.